The highest BCUT2D eigenvalue weighted by atomic mass is 79.9. The van der Waals surface area contributed by atoms with Crippen molar-refractivity contribution >= 4 is 33.2 Å². The molecule has 1 aliphatic heterocycles. The second kappa shape index (κ2) is 5.77. The molecule has 21 heavy (non-hydrogen) atoms. The summed E-state index contributed by atoms with van der Waals surface area (Å²) < 4.78 is 6.05. The predicted molar refractivity (Wildman–Crippen MR) is 87.3 cm³/mol. The van der Waals surface area contributed by atoms with Crippen molar-refractivity contribution in [1.82, 2.24) is 0 Å². The molecule has 2 aromatic carbocycles. The van der Waals surface area contributed by atoms with Gasteiger partial charge in [0.15, 0.2) is 0 Å². The van der Waals surface area contributed by atoms with Crippen molar-refractivity contribution in [3.8, 4) is 5.75 Å². The molecule has 2 aromatic rings. The van der Waals surface area contributed by atoms with Crippen LogP contribution < -0.4 is 15.4 Å². The molecule has 1 amide bonds. The number of ether oxygens (including phenoxy) is 1. The molecule has 0 spiro atoms. The number of hydrogen-bond donors (Lipinski definition) is 2. The van der Waals surface area contributed by atoms with E-state index in [9.17, 15) is 4.79 Å². The van der Waals surface area contributed by atoms with Crippen LogP contribution in [0.2, 0.25) is 0 Å². The van der Waals surface area contributed by atoms with Crippen LogP contribution >= 0.6 is 15.9 Å². The summed E-state index contributed by atoms with van der Waals surface area (Å²) in [6, 6.07) is 11.2. The molecular weight excluding hydrogens is 332 g/mol. The van der Waals surface area contributed by atoms with Crippen molar-refractivity contribution in [3.63, 3.8) is 0 Å². The highest BCUT2D eigenvalue weighted by Crippen LogP contribution is 2.26. The molecule has 0 saturated carbocycles. The summed E-state index contributed by atoms with van der Waals surface area (Å²) in [5.41, 5.74) is 3.67. The van der Waals surface area contributed by atoms with Gasteiger partial charge in [0.1, 0.15) is 5.75 Å². The van der Waals surface area contributed by atoms with E-state index in [0.717, 1.165) is 23.1 Å². The third-order valence-corrected chi connectivity index (χ3v) is 3.90. The van der Waals surface area contributed by atoms with E-state index in [1.165, 1.54) is 5.56 Å². The van der Waals surface area contributed by atoms with E-state index in [4.69, 9.17) is 4.74 Å². The Morgan fingerprint density at radius 2 is 2.14 bits per heavy atom. The smallest absolute Gasteiger partial charge is 0.255 e. The van der Waals surface area contributed by atoms with Crippen LogP contribution in [-0.2, 0) is 6.42 Å². The van der Waals surface area contributed by atoms with E-state index in [1.807, 2.05) is 30.3 Å². The largest absolute Gasteiger partial charge is 0.497 e. The van der Waals surface area contributed by atoms with Crippen molar-refractivity contribution in [3.05, 3.63) is 52.0 Å². The lowest BCUT2D eigenvalue weighted by Gasteiger charge is -2.09. The summed E-state index contributed by atoms with van der Waals surface area (Å²) in [6.45, 7) is 0.934. The normalized spacial score (nSPS) is 12.5. The minimum atomic E-state index is -0.121. The monoisotopic (exact) mass is 346 g/mol. The minimum absolute atomic E-state index is 0.121. The lowest BCUT2D eigenvalue weighted by atomic mass is 10.1. The molecule has 0 aliphatic carbocycles. The lowest BCUT2D eigenvalue weighted by molar-refractivity contribution is 0.102. The maximum atomic E-state index is 12.3. The van der Waals surface area contributed by atoms with Crippen LogP contribution in [0.15, 0.2) is 40.9 Å². The first kappa shape index (κ1) is 13.9. The molecule has 0 radical (unpaired) electrons. The third-order valence-electron chi connectivity index (χ3n) is 3.44. The van der Waals surface area contributed by atoms with E-state index in [2.05, 4.69) is 26.6 Å². The summed E-state index contributed by atoms with van der Waals surface area (Å²) in [5.74, 6) is 0.572. The molecule has 2 N–H and O–H groups in total. The lowest BCUT2D eigenvalue weighted by Crippen LogP contribution is -2.12. The third kappa shape index (κ3) is 3.03. The number of halogens is 1. The van der Waals surface area contributed by atoms with Crippen LogP contribution in [0.5, 0.6) is 5.75 Å². The minimum Gasteiger partial charge on any atom is -0.497 e. The van der Waals surface area contributed by atoms with Gasteiger partial charge in [-0.15, -0.1) is 0 Å². The molecule has 4 nitrogen and oxygen atoms in total. The van der Waals surface area contributed by atoms with Crippen LogP contribution in [-0.4, -0.2) is 19.6 Å². The molecule has 0 fully saturated rings. The van der Waals surface area contributed by atoms with Gasteiger partial charge in [-0.05, 0) is 42.3 Å². The fourth-order valence-electron chi connectivity index (χ4n) is 2.40. The molecule has 0 saturated heterocycles. The summed E-state index contributed by atoms with van der Waals surface area (Å²) in [5, 5.41) is 6.18. The average Bonchev–Trinajstić information content (AvgIpc) is 2.93. The van der Waals surface area contributed by atoms with Gasteiger partial charge in [-0.1, -0.05) is 15.9 Å². The van der Waals surface area contributed by atoms with Gasteiger partial charge in [0.2, 0.25) is 0 Å². The Kier molecular flexibility index (Phi) is 3.84. The Morgan fingerprint density at radius 3 is 2.95 bits per heavy atom. The molecule has 0 bridgehead atoms. The Hall–Kier alpha value is -2.01. The number of methoxy groups -OCH3 is 1. The van der Waals surface area contributed by atoms with Gasteiger partial charge in [-0.2, -0.15) is 0 Å². The molecule has 0 aromatic heterocycles. The Balaban J connectivity index is 1.81. The van der Waals surface area contributed by atoms with Crippen molar-refractivity contribution in [2.24, 2.45) is 0 Å². The first-order valence-electron chi connectivity index (χ1n) is 6.68. The summed E-state index contributed by atoms with van der Waals surface area (Å²) >= 11 is 3.40. The van der Waals surface area contributed by atoms with Crippen molar-refractivity contribution in [2.75, 3.05) is 24.3 Å². The molecule has 1 heterocycles. The van der Waals surface area contributed by atoms with E-state index in [0.29, 0.717) is 17.0 Å². The van der Waals surface area contributed by atoms with Gasteiger partial charge in [-0.25, -0.2) is 0 Å². The SMILES string of the molecule is COc1cc(Br)cc(NC(=O)c2ccc3c(c2)CCN3)c1. The Labute approximate surface area is 131 Å². The van der Waals surface area contributed by atoms with Crippen LogP contribution in [0.1, 0.15) is 15.9 Å². The number of fused-ring (bicyclic) bond motifs is 1. The number of amides is 1. The number of hydrogen-bond acceptors (Lipinski definition) is 3. The zero-order valence-electron chi connectivity index (χ0n) is 11.6. The highest BCUT2D eigenvalue weighted by molar-refractivity contribution is 9.10. The summed E-state index contributed by atoms with van der Waals surface area (Å²) in [4.78, 5) is 12.3. The number of nitrogens with one attached hydrogen (secondary N) is 2. The number of carbonyl (C=O) groups is 1. The van der Waals surface area contributed by atoms with E-state index < -0.39 is 0 Å². The van der Waals surface area contributed by atoms with Crippen molar-refractivity contribution in [1.29, 1.82) is 0 Å². The quantitative estimate of drug-likeness (QED) is 0.891. The molecule has 0 unspecified atom stereocenters. The Morgan fingerprint density at radius 1 is 1.29 bits per heavy atom. The average molecular weight is 347 g/mol. The highest BCUT2D eigenvalue weighted by Gasteiger charge is 2.14. The van der Waals surface area contributed by atoms with Crippen molar-refractivity contribution < 1.29 is 9.53 Å². The number of carbonyl (C=O) groups excluding carboxylic acids is 1. The van der Waals surface area contributed by atoms with Crippen LogP contribution in [0.3, 0.4) is 0 Å². The number of benzene rings is 2. The molecule has 1 aliphatic rings. The van der Waals surface area contributed by atoms with Gasteiger partial charge in [-0.3, -0.25) is 4.79 Å². The van der Waals surface area contributed by atoms with Gasteiger partial charge in [0.05, 0.1) is 7.11 Å². The molecule has 108 valence electrons. The van der Waals surface area contributed by atoms with Gasteiger partial charge < -0.3 is 15.4 Å². The van der Waals surface area contributed by atoms with Gasteiger partial charge in [0, 0.05) is 34.0 Å². The summed E-state index contributed by atoms with van der Waals surface area (Å²) in [7, 11) is 1.60. The fraction of sp³-hybridized carbons (Fsp3) is 0.188. The molecular formula is C16H15BrN2O2. The van der Waals surface area contributed by atoms with E-state index >= 15 is 0 Å². The molecule has 0 atom stereocenters. The van der Waals surface area contributed by atoms with E-state index in [1.54, 1.807) is 13.2 Å². The van der Waals surface area contributed by atoms with E-state index in [-0.39, 0.29) is 5.91 Å². The molecule has 5 heteroatoms. The van der Waals surface area contributed by atoms with Gasteiger partial charge in [0.25, 0.3) is 5.91 Å². The summed E-state index contributed by atoms with van der Waals surface area (Å²) in [6.07, 6.45) is 0.959. The van der Waals surface area contributed by atoms with Crippen LogP contribution in [0.25, 0.3) is 0 Å². The second-order valence-corrected chi connectivity index (χ2v) is 5.80. The Bertz CT molecular complexity index is 701. The van der Waals surface area contributed by atoms with Crippen LogP contribution in [0, 0.1) is 0 Å². The first-order chi connectivity index (χ1) is 10.2. The maximum Gasteiger partial charge on any atom is 0.255 e. The zero-order valence-corrected chi connectivity index (χ0v) is 13.2. The standard InChI is InChI=1S/C16H15BrN2O2/c1-21-14-8-12(17)7-13(9-14)19-16(20)11-2-3-15-10(6-11)4-5-18-15/h2-3,6-9,18H,4-5H2,1H3,(H,19,20). The number of rotatable bonds is 3. The zero-order chi connectivity index (χ0) is 14.8. The molecule has 3 rings (SSSR count). The second-order valence-electron chi connectivity index (χ2n) is 4.88. The van der Waals surface area contributed by atoms with Crippen LogP contribution in [0.4, 0.5) is 11.4 Å². The van der Waals surface area contributed by atoms with Gasteiger partial charge >= 0.3 is 0 Å². The first-order valence-corrected chi connectivity index (χ1v) is 7.48. The fourth-order valence-corrected chi connectivity index (χ4v) is 2.87. The predicted octanol–water partition coefficient (Wildman–Crippen LogP) is 3.68. The van der Waals surface area contributed by atoms with Crippen molar-refractivity contribution in [2.45, 2.75) is 6.42 Å². The topological polar surface area (TPSA) is 50.4 Å². The maximum absolute atomic E-state index is 12.3. The number of anilines is 2.